The average molecular weight is 606 g/mol. The Balaban J connectivity index is 0.000000212. The van der Waals surface area contributed by atoms with Crippen molar-refractivity contribution in [3.05, 3.63) is 66.6 Å². The summed E-state index contributed by atoms with van der Waals surface area (Å²) in [5.41, 5.74) is 3.59. The number of hydrogen-bond donors (Lipinski definition) is 0. The van der Waals surface area contributed by atoms with E-state index in [2.05, 4.69) is 9.80 Å². The van der Waals surface area contributed by atoms with Crippen molar-refractivity contribution in [3.63, 3.8) is 0 Å². The summed E-state index contributed by atoms with van der Waals surface area (Å²) >= 11 is 31.3. The molecule has 2 aliphatic rings. The summed E-state index contributed by atoms with van der Waals surface area (Å²) in [6.45, 7) is 3.75. The third kappa shape index (κ3) is 7.03. The molecule has 0 atom stereocenters. The number of ether oxygens (including phenoxy) is 1. The number of thioether (sulfide) groups is 1. The molecule has 2 heterocycles. The van der Waals surface area contributed by atoms with Crippen molar-refractivity contribution in [2.75, 3.05) is 36.3 Å². The maximum absolute atomic E-state index is 12.0. The smallest absolute Gasteiger partial charge is 0.336 e. The molecule has 2 aromatic rings. The summed E-state index contributed by atoms with van der Waals surface area (Å²) in [6.07, 6.45) is 6.89. The van der Waals surface area contributed by atoms with Gasteiger partial charge in [-0.3, -0.25) is 0 Å². The van der Waals surface area contributed by atoms with Crippen LogP contribution in [0, 0.1) is 6.92 Å². The summed E-state index contributed by atoms with van der Waals surface area (Å²) in [6, 6.07) is 9.15. The van der Waals surface area contributed by atoms with Gasteiger partial charge in [0.1, 0.15) is 0 Å². The number of rotatable bonds is 4. The van der Waals surface area contributed by atoms with Gasteiger partial charge in [-0.2, -0.15) is 0 Å². The minimum absolute atomic E-state index is 0.271. The molecule has 10 heteroatoms. The zero-order valence-electron chi connectivity index (χ0n) is 20.4. The fourth-order valence-electron chi connectivity index (χ4n) is 4.34. The van der Waals surface area contributed by atoms with Crippen LogP contribution >= 0.6 is 70.4 Å². The monoisotopic (exact) mass is 604 g/mol. The van der Waals surface area contributed by atoms with Crippen molar-refractivity contribution >= 4 is 92.7 Å². The van der Waals surface area contributed by atoms with E-state index >= 15 is 0 Å². The van der Waals surface area contributed by atoms with Gasteiger partial charge >= 0.3 is 5.97 Å². The van der Waals surface area contributed by atoms with Gasteiger partial charge in [0.2, 0.25) is 0 Å². The highest BCUT2D eigenvalue weighted by Crippen LogP contribution is 2.40. The summed E-state index contributed by atoms with van der Waals surface area (Å²) in [7, 11) is 1.41. The number of carbonyl (C=O) groups is 1. The van der Waals surface area contributed by atoms with Crippen LogP contribution in [-0.4, -0.2) is 37.4 Å². The molecule has 194 valence electrons. The van der Waals surface area contributed by atoms with Crippen molar-refractivity contribution in [1.29, 1.82) is 0 Å². The van der Waals surface area contributed by atoms with E-state index in [1.165, 1.54) is 31.7 Å². The molecule has 1 fully saturated rings. The van der Waals surface area contributed by atoms with E-state index in [0.29, 0.717) is 25.7 Å². The fourth-order valence-corrected chi connectivity index (χ4v) is 6.72. The van der Waals surface area contributed by atoms with E-state index in [9.17, 15) is 4.79 Å². The molecule has 0 unspecified atom stereocenters. The quantitative estimate of drug-likeness (QED) is 0.255. The first kappa shape index (κ1) is 29.4. The molecule has 0 spiro atoms. The number of piperidine rings is 1. The molecular formula is C26H28Cl4N2O2S2. The molecule has 1 saturated heterocycles. The van der Waals surface area contributed by atoms with Crippen LogP contribution in [-0.2, 0) is 9.53 Å². The van der Waals surface area contributed by atoms with Crippen molar-refractivity contribution in [2.45, 2.75) is 39.0 Å². The van der Waals surface area contributed by atoms with Crippen molar-refractivity contribution in [1.82, 2.24) is 0 Å². The lowest BCUT2D eigenvalue weighted by molar-refractivity contribution is -0.136. The van der Waals surface area contributed by atoms with Crippen LogP contribution in [0.5, 0.6) is 0 Å². The summed E-state index contributed by atoms with van der Waals surface area (Å²) in [5, 5.41) is 3.44. The standard InChI is InChI=1S/C15H17Cl2NO2S.C11H11Cl2NS/c1-9-7-10(16)8-12(17)13(9)18-6-4-5-11(14(18)21-3)15(19)20-2;12-8-4-5-10(9(13)7-8)14-6-2-1-3-11(14)15/h7-8H,4-6H2,1-3H3;4-5,7H,1-3,6H2. The number of thiocarbonyl (C=S) groups is 1. The first-order valence-corrected chi connectivity index (χ1v) is 14.7. The molecule has 0 aromatic heterocycles. The highest BCUT2D eigenvalue weighted by Gasteiger charge is 2.28. The Morgan fingerprint density at radius 3 is 2.25 bits per heavy atom. The van der Waals surface area contributed by atoms with Crippen LogP contribution in [0.2, 0.25) is 20.1 Å². The van der Waals surface area contributed by atoms with Crippen molar-refractivity contribution < 1.29 is 9.53 Å². The summed E-state index contributed by atoms with van der Waals surface area (Å²) in [5.74, 6) is -0.271. The number of hydrogen-bond acceptors (Lipinski definition) is 5. The second kappa shape index (κ2) is 13.6. The fraction of sp³-hybridized carbons (Fsp3) is 0.385. The van der Waals surface area contributed by atoms with Crippen molar-refractivity contribution in [3.8, 4) is 0 Å². The number of methoxy groups -OCH3 is 1. The first-order valence-electron chi connectivity index (χ1n) is 11.5. The lowest BCUT2D eigenvalue weighted by atomic mass is 10.1. The SMILES string of the molecule is COC(=O)C1=C(SC)N(c2c(C)cc(Cl)cc2Cl)CCC1.S=C1CCCCN1c1ccc(Cl)cc1Cl. The highest BCUT2D eigenvalue weighted by molar-refractivity contribution is 8.02. The Morgan fingerprint density at radius 2 is 1.64 bits per heavy atom. The molecule has 0 bridgehead atoms. The second-order valence-corrected chi connectivity index (χ2v) is 11.3. The van der Waals surface area contributed by atoms with Gasteiger partial charge in [0.05, 0.1) is 44.1 Å². The van der Waals surface area contributed by atoms with Crippen LogP contribution < -0.4 is 9.80 Å². The molecule has 2 aliphatic heterocycles. The number of halogens is 4. The third-order valence-electron chi connectivity index (χ3n) is 5.95. The van der Waals surface area contributed by atoms with Crippen LogP contribution in [0.1, 0.15) is 37.7 Å². The summed E-state index contributed by atoms with van der Waals surface area (Å²) < 4.78 is 4.89. The third-order valence-corrected chi connectivity index (χ3v) is 8.27. The predicted molar refractivity (Wildman–Crippen MR) is 161 cm³/mol. The molecular weight excluding hydrogens is 578 g/mol. The van der Waals surface area contributed by atoms with E-state index in [1.807, 2.05) is 31.4 Å². The first-order chi connectivity index (χ1) is 17.2. The van der Waals surface area contributed by atoms with Gasteiger partial charge in [-0.05, 0) is 81.2 Å². The topological polar surface area (TPSA) is 32.8 Å². The van der Waals surface area contributed by atoms with Gasteiger partial charge in [-0.15, -0.1) is 11.8 Å². The normalized spacial score (nSPS) is 16.0. The van der Waals surface area contributed by atoms with Gasteiger partial charge in [0, 0.05) is 23.1 Å². The second-order valence-electron chi connectivity index (χ2n) is 8.39. The van der Waals surface area contributed by atoms with Crippen molar-refractivity contribution in [2.24, 2.45) is 0 Å². The van der Waals surface area contributed by atoms with Crippen LogP contribution in [0.4, 0.5) is 11.4 Å². The van der Waals surface area contributed by atoms with Gasteiger partial charge in [-0.25, -0.2) is 4.79 Å². The lowest BCUT2D eigenvalue weighted by Gasteiger charge is -2.33. The Bertz CT molecular complexity index is 1150. The number of nitrogens with zero attached hydrogens (tertiary/aromatic N) is 2. The molecule has 0 amide bonds. The maximum atomic E-state index is 12.0. The van der Waals surface area contributed by atoms with E-state index in [1.54, 1.807) is 12.1 Å². The molecule has 0 radical (unpaired) electrons. The van der Waals surface area contributed by atoms with Crippen LogP contribution in [0.3, 0.4) is 0 Å². The van der Waals surface area contributed by atoms with Gasteiger partial charge in [-0.1, -0.05) is 58.6 Å². The van der Waals surface area contributed by atoms with Crippen LogP contribution in [0.25, 0.3) is 0 Å². The largest absolute Gasteiger partial charge is 0.466 e. The van der Waals surface area contributed by atoms with Gasteiger partial charge < -0.3 is 14.5 Å². The van der Waals surface area contributed by atoms with E-state index in [-0.39, 0.29) is 5.97 Å². The molecule has 2 aromatic carbocycles. The Kier molecular flexibility index (Phi) is 11.1. The van der Waals surface area contributed by atoms with E-state index in [4.69, 9.17) is 63.4 Å². The van der Waals surface area contributed by atoms with E-state index < -0.39 is 0 Å². The Morgan fingerprint density at radius 1 is 0.944 bits per heavy atom. The number of esters is 1. The lowest BCUT2D eigenvalue weighted by Crippen LogP contribution is -2.34. The van der Waals surface area contributed by atoms with Crippen LogP contribution in [0.15, 0.2) is 40.9 Å². The maximum Gasteiger partial charge on any atom is 0.336 e. The van der Waals surface area contributed by atoms with E-state index in [0.717, 1.165) is 59.3 Å². The molecule has 4 nitrogen and oxygen atoms in total. The molecule has 0 aliphatic carbocycles. The number of anilines is 2. The Hall–Kier alpha value is -1.15. The minimum Gasteiger partial charge on any atom is -0.466 e. The highest BCUT2D eigenvalue weighted by atomic mass is 35.5. The molecule has 36 heavy (non-hydrogen) atoms. The van der Waals surface area contributed by atoms with Gasteiger partial charge in [0.15, 0.2) is 0 Å². The average Bonchev–Trinajstić information content (AvgIpc) is 2.84. The molecule has 0 N–H and O–H groups in total. The number of benzene rings is 2. The minimum atomic E-state index is -0.271. The summed E-state index contributed by atoms with van der Waals surface area (Å²) in [4.78, 5) is 17.1. The molecule has 4 rings (SSSR count). The molecule has 0 saturated carbocycles. The predicted octanol–water partition coefficient (Wildman–Crippen LogP) is 8.96. The zero-order valence-corrected chi connectivity index (χ0v) is 25.0. The van der Waals surface area contributed by atoms with Gasteiger partial charge in [0.25, 0.3) is 0 Å². The number of carbonyl (C=O) groups excluding carboxylic acids is 1. The zero-order chi connectivity index (χ0) is 26.4. The number of aryl methyl sites for hydroxylation is 1. The Labute approximate surface area is 242 Å².